The molecule has 4 rings (SSSR count). The molecule has 3 aromatic rings. The van der Waals surface area contributed by atoms with Crippen LogP contribution in [0.3, 0.4) is 0 Å². The Morgan fingerprint density at radius 2 is 1.89 bits per heavy atom. The van der Waals surface area contributed by atoms with Crippen molar-refractivity contribution in [3.63, 3.8) is 0 Å². The van der Waals surface area contributed by atoms with Gasteiger partial charge in [-0.3, -0.25) is 14.7 Å². The number of amides is 1. The second-order valence-corrected chi connectivity index (χ2v) is 6.59. The number of nitrogens with zero attached hydrogens (tertiary/aromatic N) is 5. The Bertz CT molecular complexity index is 1110. The molecule has 2 N–H and O–H groups in total. The van der Waals surface area contributed by atoms with Gasteiger partial charge in [0, 0.05) is 44.8 Å². The Hall–Kier alpha value is -3.69. The lowest BCUT2D eigenvalue weighted by Crippen LogP contribution is -2.49. The SMILES string of the molecule is Cn1c(=O)c([N+](=O)O)c(N2CCN(C(=O)c3cc[nH]n3)CC2)c2ccccc21. The van der Waals surface area contributed by atoms with Crippen LogP contribution in [0.25, 0.3) is 10.9 Å². The van der Waals surface area contributed by atoms with Crippen molar-refractivity contribution in [1.82, 2.24) is 19.7 Å². The number of aromatic amines is 1. The molecule has 28 heavy (non-hydrogen) atoms. The third-order valence-electron chi connectivity index (χ3n) is 5.05. The number of H-pyrrole nitrogens is 1. The van der Waals surface area contributed by atoms with Gasteiger partial charge in [0.05, 0.1) is 10.4 Å². The number of hydrogen-bond acceptors (Lipinski definition) is 5. The zero-order valence-electron chi connectivity index (χ0n) is 15.2. The van der Waals surface area contributed by atoms with E-state index in [-0.39, 0.29) is 16.5 Å². The molecule has 10 heteroatoms. The Labute approximate surface area is 159 Å². The summed E-state index contributed by atoms with van der Waals surface area (Å²) in [6.07, 6.45) is 1.59. The maximum Gasteiger partial charge on any atom is 0.404 e. The van der Waals surface area contributed by atoms with Gasteiger partial charge in [-0.25, -0.2) is 5.21 Å². The van der Waals surface area contributed by atoms with E-state index in [0.29, 0.717) is 48.5 Å². The fourth-order valence-electron chi connectivity index (χ4n) is 3.63. The molecular formula is C18H19N6O4+. The molecule has 1 aliphatic rings. The van der Waals surface area contributed by atoms with Crippen LogP contribution in [0, 0.1) is 4.91 Å². The lowest BCUT2D eigenvalue weighted by molar-refractivity contribution is -0.730. The topological polar surface area (TPSA) is 115 Å². The van der Waals surface area contributed by atoms with Crippen LogP contribution in [0.15, 0.2) is 41.3 Å². The number of carbonyl (C=O) groups excluding carboxylic acids is 1. The maximum atomic E-state index is 12.7. The molecule has 0 saturated carbocycles. The average molecular weight is 383 g/mol. The minimum absolute atomic E-state index is 0.178. The molecular weight excluding hydrogens is 364 g/mol. The van der Waals surface area contributed by atoms with Crippen molar-refractivity contribution in [1.29, 1.82) is 0 Å². The highest BCUT2D eigenvalue weighted by Gasteiger charge is 2.34. The molecule has 10 nitrogen and oxygen atoms in total. The molecule has 1 amide bonds. The zero-order chi connectivity index (χ0) is 19.8. The van der Waals surface area contributed by atoms with Crippen molar-refractivity contribution < 1.29 is 14.9 Å². The van der Waals surface area contributed by atoms with Crippen LogP contribution < -0.4 is 10.5 Å². The summed E-state index contributed by atoms with van der Waals surface area (Å²) >= 11 is 0. The average Bonchev–Trinajstić information content (AvgIpc) is 3.25. The van der Waals surface area contributed by atoms with Gasteiger partial charge in [-0.05, 0) is 12.1 Å². The fourth-order valence-corrected chi connectivity index (χ4v) is 3.63. The van der Waals surface area contributed by atoms with E-state index in [1.165, 1.54) is 4.57 Å². The number of rotatable bonds is 3. The molecule has 0 bridgehead atoms. The third-order valence-corrected chi connectivity index (χ3v) is 5.05. The molecule has 3 heterocycles. The van der Waals surface area contributed by atoms with Crippen LogP contribution in [0.4, 0.5) is 11.4 Å². The molecule has 0 spiro atoms. The van der Waals surface area contributed by atoms with Gasteiger partial charge in [0.15, 0.2) is 0 Å². The van der Waals surface area contributed by atoms with Gasteiger partial charge >= 0.3 is 11.2 Å². The van der Waals surface area contributed by atoms with Crippen LogP contribution in [0.1, 0.15) is 10.5 Å². The summed E-state index contributed by atoms with van der Waals surface area (Å²) in [5.41, 5.74) is 0.468. The highest BCUT2D eigenvalue weighted by atomic mass is 16.6. The second kappa shape index (κ2) is 6.80. The van der Waals surface area contributed by atoms with Crippen LogP contribution in [-0.2, 0) is 7.05 Å². The largest absolute Gasteiger partial charge is 0.404 e. The van der Waals surface area contributed by atoms with Gasteiger partial charge in [0.25, 0.3) is 10.8 Å². The number of hydrogen-bond donors (Lipinski definition) is 2. The quantitative estimate of drug-likeness (QED) is 0.653. The van der Waals surface area contributed by atoms with Crippen molar-refractivity contribution in [2.45, 2.75) is 0 Å². The van der Waals surface area contributed by atoms with Crippen LogP contribution in [-0.4, -0.2) is 61.9 Å². The molecule has 2 aromatic heterocycles. The predicted octanol–water partition coefficient (Wildman–Crippen LogP) is 1.02. The smallest absolute Gasteiger partial charge is 0.362 e. The van der Waals surface area contributed by atoms with Crippen LogP contribution >= 0.6 is 0 Å². The van der Waals surface area contributed by atoms with Crippen LogP contribution in [0.2, 0.25) is 0 Å². The molecule has 0 unspecified atom stereocenters. The second-order valence-electron chi connectivity index (χ2n) is 6.59. The van der Waals surface area contributed by atoms with Crippen molar-refractivity contribution in [2.75, 3.05) is 31.1 Å². The normalized spacial score (nSPS) is 14.5. The standard InChI is InChI=1S/C18H18N6O4/c1-21-14-5-3-2-4-12(14)15(16(18(21)26)24(27)28)22-8-10-23(11-9-22)17(25)13-6-7-19-20-13/h2-7H,8-11H2,1H3,(H-,19,20,25,27,28)/p+1. The molecule has 1 saturated heterocycles. The summed E-state index contributed by atoms with van der Waals surface area (Å²) in [6.45, 7) is 1.63. The van der Waals surface area contributed by atoms with Crippen LogP contribution in [0.5, 0.6) is 0 Å². The van der Waals surface area contributed by atoms with E-state index in [4.69, 9.17) is 0 Å². The number of benzene rings is 1. The minimum Gasteiger partial charge on any atom is -0.362 e. The van der Waals surface area contributed by atoms with E-state index in [1.54, 1.807) is 42.4 Å². The molecule has 0 aliphatic carbocycles. The monoisotopic (exact) mass is 383 g/mol. The van der Waals surface area contributed by atoms with Crippen molar-refractivity contribution in [3.05, 3.63) is 57.5 Å². The number of carbonyl (C=O) groups is 1. The number of aryl methyl sites for hydroxylation is 1. The Morgan fingerprint density at radius 3 is 2.54 bits per heavy atom. The summed E-state index contributed by atoms with van der Waals surface area (Å²) in [6, 6.07) is 8.82. The summed E-state index contributed by atoms with van der Waals surface area (Å²) in [4.78, 5) is 40.1. The first-order valence-electron chi connectivity index (χ1n) is 8.81. The number of aromatic nitrogens is 3. The first kappa shape index (κ1) is 17.7. The van der Waals surface area contributed by atoms with Gasteiger partial charge in [-0.2, -0.15) is 5.10 Å². The Morgan fingerprint density at radius 1 is 1.18 bits per heavy atom. The van der Waals surface area contributed by atoms with E-state index < -0.39 is 5.56 Å². The molecule has 144 valence electrons. The number of fused-ring (bicyclic) bond motifs is 1. The number of pyridine rings is 1. The van der Waals surface area contributed by atoms with Gasteiger partial charge in [0.2, 0.25) is 0 Å². The van der Waals surface area contributed by atoms with Gasteiger partial charge in [-0.1, -0.05) is 18.2 Å². The molecule has 1 aliphatic heterocycles. The van der Waals surface area contributed by atoms with Crippen molar-refractivity contribution in [3.8, 4) is 0 Å². The summed E-state index contributed by atoms with van der Waals surface area (Å²) in [5.74, 6) is -0.178. The maximum absolute atomic E-state index is 12.7. The Kier molecular flexibility index (Phi) is 4.30. The lowest BCUT2D eigenvalue weighted by Gasteiger charge is -2.35. The number of anilines is 1. The molecule has 0 atom stereocenters. The van der Waals surface area contributed by atoms with Gasteiger partial charge < -0.3 is 14.4 Å². The van der Waals surface area contributed by atoms with Crippen molar-refractivity contribution >= 4 is 28.2 Å². The molecule has 1 fully saturated rings. The van der Waals surface area contributed by atoms with E-state index in [2.05, 4.69) is 10.2 Å². The number of para-hydroxylation sites is 1. The van der Waals surface area contributed by atoms with Gasteiger partial charge in [0.1, 0.15) is 11.4 Å². The van der Waals surface area contributed by atoms with E-state index in [9.17, 15) is 19.7 Å². The summed E-state index contributed by atoms with van der Waals surface area (Å²) < 4.78 is 1.34. The highest BCUT2D eigenvalue weighted by molar-refractivity contribution is 5.97. The molecule has 0 radical (unpaired) electrons. The first-order valence-corrected chi connectivity index (χ1v) is 8.81. The van der Waals surface area contributed by atoms with E-state index in [0.717, 1.165) is 0 Å². The third kappa shape index (κ3) is 2.79. The number of nitrogens with one attached hydrogen (secondary N) is 1. The predicted molar refractivity (Wildman–Crippen MR) is 101 cm³/mol. The number of piperazine rings is 1. The van der Waals surface area contributed by atoms with E-state index in [1.807, 2.05) is 11.0 Å². The summed E-state index contributed by atoms with van der Waals surface area (Å²) in [5, 5.41) is 16.8. The van der Waals surface area contributed by atoms with Gasteiger partial charge in [-0.15, -0.1) is 0 Å². The summed E-state index contributed by atoms with van der Waals surface area (Å²) in [7, 11) is 1.56. The highest BCUT2D eigenvalue weighted by Crippen LogP contribution is 2.33. The molecule has 1 aromatic carbocycles. The zero-order valence-corrected chi connectivity index (χ0v) is 15.2. The van der Waals surface area contributed by atoms with E-state index >= 15 is 0 Å². The Balaban J connectivity index is 1.71. The van der Waals surface area contributed by atoms with Crippen molar-refractivity contribution in [2.24, 2.45) is 7.05 Å². The first-order chi connectivity index (χ1) is 13.5. The minimum atomic E-state index is -0.582. The lowest BCUT2D eigenvalue weighted by atomic mass is 10.1. The fraction of sp³-hybridized carbons (Fsp3) is 0.278.